The van der Waals surface area contributed by atoms with Crippen molar-refractivity contribution in [3.63, 3.8) is 0 Å². The number of nitrogens with zero attached hydrogens (tertiary/aromatic N) is 5. The van der Waals surface area contributed by atoms with Crippen LogP contribution in [0.4, 0.5) is 5.69 Å². The zero-order valence-corrected chi connectivity index (χ0v) is 21.4. The Hall–Kier alpha value is -3.72. The molecule has 4 heterocycles. The fraction of sp³-hybridized carbons (Fsp3) is 0.296. The quantitative estimate of drug-likeness (QED) is 0.361. The van der Waals surface area contributed by atoms with Crippen molar-refractivity contribution in [1.29, 1.82) is 0 Å². The van der Waals surface area contributed by atoms with E-state index in [4.69, 9.17) is 4.98 Å². The van der Waals surface area contributed by atoms with Crippen molar-refractivity contribution < 1.29 is 8.42 Å². The summed E-state index contributed by atoms with van der Waals surface area (Å²) >= 11 is 0. The molecule has 0 spiro atoms. The first-order valence-electron chi connectivity index (χ1n) is 12.1. The van der Waals surface area contributed by atoms with E-state index in [9.17, 15) is 8.42 Å². The van der Waals surface area contributed by atoms with E-state index < -0.39 is 10.0 Å². The summed E-state index contributed by atoms with van der Waals surface area (Å²) in [7, 11) is -3.29. The van der Waals surface area contributed by atoms with Gasteiger partial charge in [0.1, 0.15) is 5.52 Å². The van der Waals surface area contributed by atoms with E-state index in [1.807, 2.05) is 42.9 Å². The molecule has 6 rings (SSSR count). The summed E-state index contributed by atoms with van der Waals surface area (Å²) in [6.45, 7) is 6.99. The second kappa shape index (κ2) is 8.16. The number of H-pyrrole nitrogens is 1. The number of nitrogens with one attached hydrogen (secondary N) is 1. The first-order chi connectivity index (χ1) is 17.2. The van der Waals surface area contributed by atoms with Crippen LogP contribution >= 0.6 is 0 Å². The molecule has 0 bridgehead atoms. The lowest BCUT2D eigenvalue weighted by atomic mass is 10.1. The molecule has 5 aromatic rings. The highest BCUT2D eigenvalue weighted by atomic mass is 32.2. The van der Waals surface area contributed by atoms with Crippen LogP contribution in [0.25, 0.3) is 44.6 Å². The van der Waals surface area contributed by atoms with E-state index in [-0.39, 0.29) is 11.3 Å². The minimum absolute atomic E-state index is 0.0899. The Balaban J connectivity index is 1.43. The fourth-order valence-corrected chi connectivity index (χ4v) is 6.49. The van der Waals surface area contributed by atoms with Crippen LogP contribution in [0, 0.1) is 0 Å². The summed E-state index contributed by atoms with van der Waals surface area (Å²) in [5.74, 6) is 0.189. The monoisotopic (exact) mass is 500 g/mol. The average Bonchev–Trinajstić information content (AvgIpc) is 3.47. The van der Waals surface area contributed by atoms with Crippen molar-refractivity contribution in [3.8, 4) is 22.4 Å². The summed E-state index contributed by atoms with van der Waals surface area (Å²) in [5.41, 5.74) is 7.57. The SMILES string of the molecule is CC(C)(C)n1cnc2ccc(-c3c[nH]c4ncc(-c5cccc(N6CCCCS6(=O)=O)c5)nc34)cc21. The van der Waals surface area contributed by atoms with Crippen LogP contribution in [0.5, 0.6) is 0 Å². The van der Waals surface area contributed by atoms with Gasteiger partial charge >= 0.3 is 0 Å². The first-order valence-corrected chi connectivity index (χ1v) is 13.7. The molecule has 2 aromatic carbocycles. The predicted octanol–water partition coefficient (Wildman–Crippen LogP) is 5.33. The van der Waals surface area contributed by atoms with Gasteiger partial charge in [0.15, 0.2) is 5.65 Å². The predicted molar refractivity (Wildman–Crippen MR) is 143 cm³/mol. The number of hydrogen-bond acceptors (Lipinski definition) is 5. The van der Waals surface area contributed by atoms with E-state index in [1.54, 1.807) is 6.20 Å². The van der Waals surface area contributed by atoms with E-state index in [2.05, 4.69) is 52.4 Å². The minimum Gasteiger partial charge on any atom is -0.344 e. The fourth-order valence-electron chi connectivity index (χ4n) is 4.86. The summed E-state index contributed by atoms with van der Waals surface area (Å²) in [6, 6.07) is 13.8. The molecule has 1 fully saturated rings. The number of fused-ring (bicyclic) bond motifs is 2. The van der Waals surface area contributed by atoms with Gasteiger partial charge in [0.05, 0.1) is 40.7 Å². The maximum absolute atomic E-state index is 12.6. The molecule has 1 aliphatic rings. The van der Waals surface area contributed by atoms with Crippen LogP contribution in [0.3, 0.4) is 0 Å². The number of hydrogen-bond donors (Lipinski definition) is 1. The zero-order chi connectivity index (χ0) is 25.1. The number of imidazole rings is 1. The minimum atomic E-state index is -3.29. The van der Waals surface area contributed by atoms with Crippen LogP contribution in [0.2, 0.25) is 0 Å². The normalized spacial score (nSPS) is 16.1. The molecule has 0 aliphatic carbocycles. The standard InChI is InChI=1S/C27H28N6O2S/c1-27(2,3)32-17-30-22-10-9-18(14-24(22)32)21-15-28-26-25(21)31-23(16-29-26)19-7-6-8-20(13-19)33-11-4-5-12-36(33,34)35/h6-10,13-17H,4-5,11-12H2,1-3H3,(H,28,29). The highest BCUT2D eigenvalue weighted by Gasteiger charge is 2.26. The van der Waals surface area contributed by atoms with Gasteiger partial charge in [0, 0.05) is 29.4 Å². The van der Waals surface area contributed by atoms with Crippen molar-refractivity contribution in [2.24, 2.45) is 0 Å². The second-order valence-electron chi connectivity index (χ2n) is 10.3. The Morgan fingerprint density at radius 2 is 1.86 bits per heavy atom. The number of aromatic amines is 1. The van der Waals surface area contributed by atoms with Crippen molar-refractivity contribution in [3.05, 3.63) is 61.2 Å². The Morgan fingerprint density at radius 1 is 1.00 bits per heavy atom. The Morgan fingerprint density at radius 3 is 2.67 bits per heavy atom. The van der Waals surface area contributed by atoms with Crippen LogP contribution in [-0.4, -0.2) is 45.2 Å². The molecule has 3 aromatic heterocycles. The van der Waals surface area contributed by atoms with E-state index in [1.165, 1.54) is 4.31 Å². The molecular formula is C27H28N6O2S. The Kier molecular flexibility index (Phi) is 5.15. The number of sulfonamides is 1. The van der Waals surface area contributed by atoms with Crippen molar-refractivity contribution in [1.82, 2.24) is 24.5 Å². The zero-order valence-electron chi connectivity index (χ0n) is 20.6. The molecular weight excluding hydrogens is 472 g/mol. The topological polar surface area (TPSA) is 96.8 Å². The van der Waals surface area contributed by atoms with Gasteiger partial charge in [-0.25, -0.2) is 23.4 Å². The highest BCUT2D eigenvalue weighted by Crippen LogP contribution is 2.33. The smallest absolute Gasteiger partial charge is 0.235 e. The third-order valence-corrected chi connectivity index (χ3v) is 8.61. The van der Waals surface area contributed by atoms with Crippen LogP contribution < -0.4 is 4.31 Å². The molecule has 0 saturated carbocycles. The first kappa shape index (κ1) is 22.7. The van der Waals surface area contributed by atoms with E-state index in [0.717, 1.165) is 39.7 Å². The second-order valence-corrected chi connectivity index (χ2v) is 12.3. The number of anilines is 1. The van der Waals surface area contributed by atoms with E-state index >= 15 is 0 Å². The van der Waals surface area contributed by atoms with Gasteiger partial charge in [-0.1, -0.05) is 18.2 Å². The summed E-state index contributed by atoms with van der Waals surface area (Å²) in [5, 5.41) is 0. The molecule has 9 heteroatoms. The third-order valence-electron chi connectivity index (χ3n) is 6.74. The average molecular weight is 501 g/mol. The van der Waals surface area contributed by atoms with Crippen molar-refractivity contribution in [2.45, 2.75) is 39.2 Å². The number of rotatable bonds is 3. The van der Waals surface area contributed by atoms with Crippen LogP contribution in [0.1, 0.15) is 33.6 Å². The summed E-state index contributed by atoms with van der Waals surface area (Å²) < 4.78 is 28.9. The number of aromatic nitrogens is 5. The van der Waals surface area contributed by atoms with Gasteiger partial charge < -0.3 is 9.55 Å². The molecule has 0 radical (unpaired) electrons. The molecule has 0 amide bonds. The van der Waals surface area contributed by atoms with Crippen LogP contribution in [0.15, 0.2) is 61.2 Å². The molecule has 0 atom stereocenters. The molecule has 36 heavy (non-hydrogen) atoms. The molecule has 1 N–H and O–H groups in total. The van der Waals surface area contributed by atoms with Gasteiger partial charge in [-0.15, -0.1) is 0 Å². The van der Waals surface area contributed by atoms with Gasteiger partial charge in [-0.2, -0.15) is 0 Å². The third kappa shape index (κ3) is 3.83. The van der Waals surface area contributed by atoms with Gasteiger partial charge in [0.25, 0.3) is 0 Å². The lowest BCUT2D eigenvalue weighted by Crippen LogP contribution is -2.37. The molecule has 1 aliphatic heterocycles. The van der Waals surface area contributed by atoms with Gasteiger partial charge in [-0.05, 0) is 63.4 Å². The van der Waals surface area contributed by atoms with E-state index in [0.29, 0.717) is 30.0 Å². The Labute approximate surface area is 210 Å². The Bertz CT molecular complexity index is 1710. The summed E-state index contributed by atoms with van der Waals surface area (Å²) in [6.07, 6.45) is 7.12. The van der Waals surface area contributed by atoms with Crippen LogP contribution in [-0.2, 0) is 15.6 Å². The maximum Gasteiger partial charge on any atom is 0.235 e. The molecule has 184 valence electrons. The lowest BCUT2D eigenvalue weighted by molar-refractivity contribution is 0.408. The van der Waals surface area contributed by atoms with Crippen molar-refractivity contribution >= 4 is 37.9 Å². The van der Waals surface area contributed by atoms with Crippen molar-refractivity contribution in [2.75, 3.05) is 16.6 Å². The lowest BCUT2D eigenvalue weighted by Gasteiger charge is -2.28. The molecule has 0 unspecified atom stereocenters. The maximum atomic E-state index is 12.6. The van der Waals surface area contributed by atoms with Gasteiger partial charge in [-0.3, -0.25) is 4.31 Å². The largest absolute Gasteiger partial charge is 0.344 e. The highest BCUT2D eigenvalue weighted by molar-refractivity contribution is 7.92. The summed E-state index contributed by atoms with van der Waals surface area (Å²) in [4.78, 5) is 17.4. The molecule has 8 nitrogen and oxygen atoms in total. The van der Waals surface area contributed by atoms with Gasteiger partial charge in [0.2, 0.25) is 10.0 Å². The molecule has 1 saturated heterocycles. The number of benzene rings is 2.